The Morgan fingerprint density at radius 2 is 2.00 bits per heavy atom. The fraction of sp³-hybridized carbons (Fsp3) is 1.00. The van der Waals surface area contributed by atoms with E-state index in [0.717, 1.165) is 19.7 Å². The van der Waals surface area contributed by atoms with Crippen LogP contribution in [-0.2, 0) is 4.74 Å². The quantitative estimate of drug-likeness (QED) is 0.820. The first-order valence-corrected chi connectivity index (χ1v) is 6.67. The molecule has 1 fully saturated rings. The molecule has 0 aromatic heterocycles. The summed E-state index contributed by atoms with van der Waals surface area (Å²) in [5, 5.41) is 3.66. The highest BCUT2D eigenvalue weighted by Gasteiger charge is 2.40. The summed E-state index contributed by atoms with van der Waals surface area (Å²) < 4.78 is 5.32. The summed E-state index contributed by atoms with van der Waals surface area (Å²) in [5.74, 6) is 0. The molecule has 17 heavy (non-hydrogen) atoms. The molecular weight excluding hydrogens is 212 g/mol. The first-order valence-electron chi connectivity index (χ1n) is 6.67. The van der Waals surface area contributed by atoms with E-state index in [1.807, 2.05) is 0 Å². The number of piperazine rings is 1. The first-order chi connectivity index (χ1) is 7.67. The van der Waals surface area contributed by atoms with Gasteiger partial charge in [-0.1, -0.05) is 20.8 Å². The van der Waals surface area contributed by atoms with Crippen molar-refractivity contribution in [2.24, 2.45) is 5.41 Å². The number of nitrogens with zero attached hydrogens (tertiary/aromatic N) is 1. The predicted octanol–water partition coefficient (Wildman–Crippen LogP) is 2.12. The molecule has 0 aromatic rings. The van der Waals surface area contributed by atoms with Gasteiger partial charge in [0, 0.05) is 37.8 Å². The van der Waals surface area contributed by atoms with Crippen molar-refractivity contribution in [1.29, 1.82) is 0 Å². The number of methoxy groups -OCH3 is 1. The Morgan fingerprint density at radius 1 is 1.41 bits per heavy atom. The second-order valence-corrected chi connectivity index (χ2v) is 7.12. The average molecular weight is 242 g/mol. The van der Waals surface area contributed by atoms with E-state index in [-0.39, 0.29) is 5.54 Å². The fourth-order valence-corrected chi connectivity index (χ4v) is 2.72. The highest BCUT2D eigenvalue weighted by Crippen LogP contribution is 2.30. The van der Waals surface area contributed by atoms with Crippen LogP contribution in [-0.4, -0.2) is 49.3 Å². The van der Waals surface area contributed by atoms with Crippen LogP contribution in [0.1, 0.15) is 41.5 Å². The van der Waals surface area contributed by atoms with Crippen LogP contribution < -0.4 is 5.32 Å². The summed E-state index contributed by atoms with van der Waals surface area (Å²) in [6.45, 7) is 16.7. The molecule has 1 saturated heterocycles. The second kappa shape index (κ2) is 5.25. The molecule has 102 valence electrons. The summed E-state index contributed by atoms with van der Waals surface area (Å²) >= 11 is 0. The number of ether oxygens (including phenoxy) is 1. The lowest BCUT2D eigenvalue weighted by atomic mass is 9.81. The Bertz CT molecular complexity index is 245. The Labute approximate surface area is 107 Å². The van der Waals surface area contributed by atoms with Crippen molar-refractivity contribution >= 4 is 0 Å². The maximum Gasteiger partial charge on any atom is 0.0615 e. The van der Waals surface area contributed by atoms with Gasteiger partial charge in [0.05, 0.1) is 6.61 Å². The van der Waals surface area contributed by atoms with E-state index >= 15 is 0 Å². The van der Waals surface area contributed by atoms with Gasteiger partial charge < -0.3 is 10.1 Å². The van der Waals surface area contributed by atoms with Gasteiger partial charge in [0.25, 0.3) is 0 Å². The van der Waals surface area contributed by atoms with Gasteiger partial charge in [-0.2, -0.15) is 0 Å². The minimum absolute atomic E-state index is 0.198. The molecule has 1 N–H and O–H groups in total. The zero-order valence-corrected chi connectivity index (χ0v) is 12.6. The Morgan fingerprint density at radius 3 is 2.47 bits per heavy atom. The van der Waals surface area contributed by atoms with E-state index in [4.69, 9.17) is 4.74 Å². The van der Waals surface area contributed by atoms with Gasteiger partial charge >= 0.3 is 0 Å². The van der Waals surface area contributed by atoms with Gasteiger partial charge in [0.1, 0.15) is 0 Å². The number of hydrogen-bond acceptors (Lipinski definition) is 3. The SMILES string of the molecule is COCC(C)N1CC(C)(C)NCC1C(C)(C)C. The molecule has 1 rings (SSSR count). The minimum atomic E-state index is 0.198. The lowest BCUT2D eigenvalue weighted by Gasteiger charge is -2.51. The van der Waals surface area contributed by atoms with Gasteiger partial charge in [-0.15, -0.1) is 0 Å². The molecule has 3 heteroatoms. The molecule has 0 amide bonds. The van der Waals surface area contributed by atoms with Gasteiger partial charge in [-0.05, 0) is 26.2 Å². The van der Waals surface area contributed by atoms with Crippen molar-refractivity contribution in [2.75, 3.05) is 26.8 Å². The highest BCUT2D eigenvalue weighted by atomic mass is 16.5. The third kappa shape index (κ3) is 3.94. The molecule has 2 atom stereocenters. The normalized spacial score (nSPS) is 28.1. The van der Waals surface area contributed by atoms with Crippen LogP contribution in [0.25, 0.3) is 0 Å². The number of nitrogens with one attached hydrogen (secondary N) is 1. The van der Waals surface area contributed by atoms with E-state index in [9.17, 15) is 0 Å². The van der Waals surface area contributed by atoms with Crippen molar-refractivity contribution in [1.82, 2.24) is 10.2 Å². The van der Waals surface area contributed by atoms with E-state index in [1.165, 1.54) is 0 Å². The first kappa shape index (κ1) is 14.9. The van der Waals surface area contributed by atoms with Crippen LogP contribution in [0.4, 0.5) is 0 Å². The van der Waals surface area contributed by atoms with Gasteiger partial charge in [-0.3, -0.25) is 4.90 Å². The lowest BCUT2D eigenvalue weighted by Crippen LogP contribution is -2.66. The molecule has 0 aromatic carbocycles. The average Bonchev–Trinajstić information content (AvgIpc) is 2.14. The van der Waals surface area contributed by atoms with Crippen molar-refractivity contribution in [2.45, 2.75) is 59.2 Å². The standard InChI is InChI=1S/C14H30N2O/c1-11(9-17-7)16-10-14(5,6)15-8-12(16)13(2,3)4/h11-12,15H,8-10H2,1-7H3. The zero-order valence-electron chi connectivity index (χ0n) is 12.6. The molecule has 3 nitrogen and oxygen atoms in total. The number of hydrogen-bond donors (Lipinski definition) is 1. The molecule has 0 bridgehead atoms. The Hall–Kier alpha value is -0.120. The third-order valence-corrected chi connectivity index (χ3v) is 3.73. The van der Waals surface area contributed by atoms with Crippen LogP contribution in [0.5, 0.6) is 0 Å². The second-order valence-electron chi connectivity index (χ2n) is 7.12. The van der Waals surface area contributed by atoms with Crippen LogP contribution in [0.2, 0.25) is 0 Å². The van der Waals surface area contributed by atoms with E-state index in [0.29, 0.717) is 17.5 Å². The number of rotatable bonds is 3. The van der Waals surface area contributed by atoms with Crippen molar-refractivity contribution in [3.05, 3.63) is 0 Å². The van der Waals surface area contributed by atoms with Gasteiger partial charge in [-0.25, -0.2) is 0 Å². The van der Waals surface area contributed by atoms with Crippen molar-refractivity contribution in [3.8, 4) is 0 Å². The van der Waals surface area contributed by atoms with Crippen LogP contribution in [0.15, 0.2) is 0 Å². The molecule has 1 heterocycles. The smallest absolute Gasteiger partial charge is 0.0615 e. The molecule has 0 saturated carbocycles. The fourth-order valence-electron chi connectivity index (χ4n) is 2.72. The lowest BCUT2D eigenvalue weighted by molar-refractivity contribution is -0.0169. The van der Waals surface area contributed by atoms with Gasteiger partial charge in [0.2, 0.25) is 0 Å². The summed E-state index contributed by atoms with van der Waals surface area (Å²) in [6, 6.07) is 1.05. The zero-order chi connectivity index (χ0) is 13.3. The molecule has 2 unspecified atom stereocenters. The molecular formula is C14H30N2O. The van der Waals surface area contributed by atoms with Crippen molar-refractivity contribution < 1.29 is 4.74 Å². The third-order valence-electron chi connectivity index (χ3n) is 3.73. The monoisotopic (exact) mass is 242 g/mol. The van der Waals surface area contributed by atoms with E-state index in [2.05, 4.69) is 51.8 Å². The van der Waals surface area contributed by atoms with Crippen LogP contribution in [0.3, 0.4) is 0 Å². The summed E-state index contributed by atoms with van der Waals surface area (Å²) in [5.41, 5.74) is 0.495. The summed E-state index contributed by atoms with van der Waals surface area (Å²) in [4.78, 5) is 2.61. The van der Waals surface area contributed by atoms with Crippen LogP contribution >= 0.6 is 0 Å². The Balaban J connectivity index is 2.82. The Kier molecular flexibility index (Phi) is 4.61. The molecule has 0 spiro atoms. The van der Waals surface area contributed by atoms with Crippen LogP contribution in [0, 0.1) is 5.41 Å². The molecule has 1 aliphatic heterocycles. The van der Waals surface area contributed by atoms with Gasteiger partial charge in [0.15, 0.2) is 0 Å². The molecule has 0 aliphatic carbocycles. The highest BCUT2D eigenvalue weighted by molar-refractivity contribution is 4.98. The summed E-state index contributed by atoms with van der Waals surface area (Å²) in [7, 11) is 1.79. The topological polar surface area (TPSA) is 24.5 Å². The van der Waals surface area contributed by atoms with Crippen molar-refractivity contribution in [3.63, 3.8) is 0 Å². The summed E-state index contributed by atoms with van der Waals surface area (Å²) in [6.07, 6.45) is 0. The maximum absolute atomic E-state index is 5.32. The maximum atomic E-state index is 5.32. The van der Waals surface area contributed by atoms with E-state index < -0.39 is 0 Å². The largest absolute Gasteiger partial charge is 0.383 e. The predicted molar refractivity (Wildman–Crippen MR) is 73.4 cm³/mol. The van der Waals surface area contributed by atoms with E-state index in [1.54, 1.807) is 7.11 Å². The minimum Gasteiger partial charge on any atom is -0.383 e. The molecule has 0 radical (unpaired) electrons. The molecule has 1 aliphatic rings.